The van der Waals surface area contributed by atoms with Crippen molar-refractivity contribution in [3.05, 3.63) is 33.1 Å². The molecule has 0 bridgehead atoms. The molecule has 1 heterocycles. The highest BCUT2D eigenvalue weighted by Gasteiger charge is 2.11. The lowest BCUT2D eigenvalue weighted by molar-refractivity contribution is -0.122. The SMILES string of the molecule is CCCn1ccc(=O)n(CC(=O)NC(C)CC)c1=O. The molecule has 1 atom stereocenters. The second-order valence-corrected chi connectivity index (χ2v) is 4.59. The number of carbonyl (C=O) groups is 1. The quantitative estimate of drug-likeness (QED) is 0.807. The molecular weight excluding hydrogens is 246 g/mol. The smallest absolute Gasteiger partial charge is 0.331 e. The first-order valence-corrected chi connectivity index (χ1v) is 6.59. The van der Waals surface area contributed by atoms with Gasteiger partial charge in [0.2, 0.25) is 5.91 Å². The number of rotatable bonds is 6. The molecule has 6 heteroatoms. The van der Waals surface area contributed by atoms with Gasteiger partial charge in [0.05, 0.1) is 0 Å². The average molecular weight is 267 g/mol. The maximum atomic E-state index is 12.0. The highest BCUT2D eigenvalue weighted by Crippen LogP contribution is 1.88. The van der Waals surface area contributed by atoms with Gasteiger partial charge in [-0.3, -0.25) is 14.2 Å². The van der Waals surface area contributed by atoms with E-state index in [0.29, 0.717) is 6.54 Å². The molecule has 0 fully saturated rings. The van der Waals surface area contributed by atoms with Crippen LogP contribution in [0.2, 0.25) is 0 Å². The summed E-state index contributed by atoms with van der Waals surface area (Å²) in [7, 11) is 0. The van der Waals surface area contributed by atoms with Gasteiger partial charge in [-0.05, 0) is 19.8 Å². The van der Waals surface area contributed by atoms with Crippen LogP contribution in [0.5, 0.6) is 0 Å². The molecule has 0 saturated carbocycles. The van der Waals surface area contributed by atoms with Crippen LogP contribution in [0.25, 0.3) is 0 Å². The van der Waals surface area contributed by atoms with E-state index < -0.39 is 11.2 Å². The zero-order valence-corrected chi connectivity index (χ0v) is 11.7. The number of aromatic nitrogens is 2. The summed E-state index contributed by atoms with van der Waals surface area (Å²) in [6.07, 6.45) is 3.06. The highest BCUT2D eigenvalue weighted by molar-refractivity contribution is 5.75. The number of nitrogens with zero attached hydrogens (tertiary/aromatic N) is 2. The predicted octanol–water partition coefficient (Wildman–Crippen LogP) is 0.335. The molecule has 1 N–H and O–H groups in total. The van der Waals surface area contributed by atoms with Crippen LogP contribution < -0.4 is 16.6 Å². The number of hydrogen-bond donors (Lipinski definition) is 1. The molecular formula is C13H21N3O3. The molecule has 6 nitrogen and oxygen atoms in total. The van der Waals surface area contributed by atoms with Gasteiger partial charge in [-0.1, -0.05) is 13.8 Å². The van der Waals surface area contributed by atoms with E-state index in [0.717, 1.165) is 17.4 Å². The molecule has 0 saturated heterocycles. The van der Waals surface area contributed by atoms with Gasteiger partial charge in [0.1, 0.15) is 6.54 Å². The topological polar surface area (TPSA) is 73.1 Å². The molecule has 1 amide bonds. The molecule has 0 aliphatic carbocycles. The molecule has 1 aromatic rings. The van der Waals surface area contributed by atoms with Crippen LogP contribution in [0, 0.1) is 0 Å². The van der Waals surface area contributed by atoms with Crippen molar-refractivity contribution in [1.29, 1.82) is 0 Å². The van der Waals surface area contributed by atoms with E-state index in [1.54, 1.807) is 0 Å². The van der Waals surface area contributed by atoms with Crippen LogP contribution in [0.1, 0.15) is 33.6 Å². The van der Waals surface area contributed by atoms with E-state index in [2.05, 4.69) is 5.32 Å². The molecule has 1 rings (SSSR count). The maximum absolute atomic E-state index is 12.0. The fourth-order valence-corrected chi connectivity index (χ4v) is 1.68. The summed E-state index contributed by atoms with van der Waals surface area (Å²) >= 11 is 0. The molecule has 0 spiro atoms. The third-order valence-corrected chi connectivity index (χ3v) is 2.93. The number of amides is 1. The van der Waals surface area contributed by atoms with Crippen LogP contribution in [-0.2, 0) is 17.9 Å². The lowest BCUT2D eigenvalue weighted by atomic mass is 10.2. The lowest BCUT2D eigenvalue weighted by Crippen LogP contribution is -2.44. The van der Waals surface area contributed by atoms with E-state index in [1.165, 1.54) is 16.8 Å². The molecule has 0 radical (unpaired) electrons. The summed E-state index contributed by atoms with van der Waals surface area (Å²) in [6, 6.07) is 1.35. The first-order valence-electron chi connectivity index (χ1n) is 6.59. The minimum atomic E-state index is -0.448. The zero-order chi connectivity index (χ0) is 14.4. The van der Waals surface area contributed by atoms with E-state index in [1.807, 2.05) is 20.8 Å². The van der Waals surface area contributed by atoms with Crippen molar-refractivity contribution in [2.24, 2.45) is 0 Å². The molecule has 19 heavy (non-hydrogen) atoms. The van der Waals surface area contributed by atoms with E-state index in [-0.39, 0.29) is 18.5 Å². The second kappa shape index (κ2) is 6.92. The minimum Gasteiger partial charge on any atom is -0.352 e. The number of aryl methyl sites for hydroxylation is 1. The van der Waals surface area contributed by atoms with Gasteiger partial charge in [0.25, 0.3) is 5.56 Å². The Bertz CT molecular complexity index is 545. The number of hydrogen-bond acceptors (Lipinski definition) is 3. The van der Waals surface area contributed by atoms with Gasteiger partial charge in [-0.25, -0.2) is 4.79 Å². The van der Waals surface area contributed by atoms with Crippen molar-refractivity contribution in [2.75, 3.05) is 0 Å². The summed E-state index contributed by atoms with van der Waals surface area (Å²) in [6.45, 7) is 6.07. The third-order valence-electron chi connectivity index (χ3n) is 2.93. The average Bonchev–Trinajstić information content (AvgIpc) is 2.38. The van der Waals surface area contributed by atoms with E-state index in [9.17, 15) is 14.4 Å². The van der Waals surface area contributed by atoms with E-state index >= 15 is 0 Å². The van der Waals surface area contributed by atoms with Gasteiger partial charge in [-0.2, -0.15) is 0 Å². The van der Waals surface area contributed by atoms with Crippen LogP contribution in [0.3, 0.4) is 0 Å². The molecule has 0 aromatic carbocycles. The maximum Gasteiger partial charge on any atom is 0.331 e. The summed E-state index contributed by atoms with van der Waals surface area (Å²) in [5.41, 5.74) is -0.884. The Labute approximate surface area is 112 Å². The highest BCUT2D eigenvalue weighted by atomic mass is 16.2. The minimum absolute atomic E-state index is 0.0322. The number of carbonyl (C=O) groups excluding carboxylic acids is 1. The molecule has 0 aliphatic heterocycles. The van der Waals surface area contributed by atoms with E-state index in [4.69, 9.17) is 0 Å². The lowest BCUT2D eigenvalue weighted by Gasteiger charge is -2.12. The first-order chi connectivity index (χ1) is 8.99. The molecule has 106 valence electrons. The Hall–Kier alpha value is -1.85. The Morgan fingerprint density at radius 2 is 2.05 bits per heavy atom. The third kappa shape index (κ3) is 4.08. The monoisotopic (exact) mass is 267 g/mol. The largest absolute Gasteiger partial charge is 0.352 e. The van der Waals surface area contributed by atoms with Crippen LogP contribution >= 0.6 is 0 Å². The Kier molecular flexibility index (Phi) is 5.54. The predicted molar refractivity (Wildman–Crippen MR) is 73.1 cm³/mol. The Morgan fingerprint density at radius 3 is 2.63 bits per heavy atom. The van der Waals surface area contributed by atoms with Crippen LogP contribution in [0.15, 0.2) is 21.9 Å². The van der Waals surface area contributed by atoms with Crippen LogP contribution in [0.4, 0.5) is 0 Å². The van der Waals surface area contributed by atoms with Crippen molar-refractivity contribution in [1.82, 2.24) is 14.5 Å². The standard InChI is InChI=1S/C13H21N3O3/c1-4-7-15-8-6-12(18)16(13(15)19)9-11(17)14-10(3)5-2/h6,8,10H,4-5,7,9H2,1-3H3,(H,14,17). The molecule has 1 aromatic heterocycles. The fraction of sp³-hybridized carbons (Fsp3) is 0.615. The van der Waals surface area contributed by atoms with Gasteiger partial charge in [0.15, 0.2) is 0 Å². The van der Waals surface area contributed by atoms with Crippen molar-refractivity contribution in [2.45, 2.75) is 52.7 Å². The van der Waals surface area contributed by atoms with Gasteiger partial charge in [-0.15, -0.1) is 0 Å². The molecule has 1 unspecified atom stereocenters. The Balaban J connectivity index is 2.94. The van der Waals surface area contributed by atoms with Crippen molar-refractivity contribution in [3.63, 3.8) is 0 Å². The summed E-state index contributed by atoms with van der Waals surface area (Å²) in [4.78, 5) is 35.4. The van der Waals surface area contributed by atoms with Crippen molar-refractivity contribution >= 4 is 5.91 Å². The zero-order valence-electron chi connectivity index (χ0n) is 11.7. The summed E-state index contributed by atoms with van der Waals surface area (Å²) in [5, 5.41) is 2.74. The summed E-state index contributed by atoms with van der Waals surface area (Å²) < 4.78 is 2.41. The second-order valence-electron chi connectivity index (χ2n) is 4.59. The van der Waals surface area contributed by atoms with Gasteiger partial charge in [0, 0.05) is 24.8 Å². The number of nitrogens with one attached hydrogen (secondary N) is 1. The van der Waals surface area contributed by atoms with Crippen molar-refractivity contribution < 1.29 is 4.79 Å². The van der Waals surface area contributed by atoms with Gasteiger partial charge < -0.3 is 9.88 Å². The van der Waals surface area contributed by atoms with Crippen molar-refractivity contribution in [3.8, 4) is 0 Å². The fourth-order valence-electron chi connectivity index (χ4n) is 1.68. The first kappa shape index (κ1) is 15.2. The Morgan fingerprint density at radius 1 is 1.37 bits per heavy atom. The normalized spacial score (nSPS) is 12.2. The van der Waals surface area contributed by atoms with Crippen LogP contribution in [-0.4, -0.2) is 21.1 Å². The van der Waals surface area contributed by atoms with Gasteiger partial charge >= 0.3 is 5.69 Å². The summed E-state index contributed by atoms with van der Waals surface area (Å²) in [5.74, 6) is -0.317. The molecule has 0 aliphatic rings.